The standard InChI is InChI=1S/C16H22O2/c1-13-15(10-6-3-7-11-15)16(13,17)18-12-14-8-4-2-5-9-14/h2,4-5,8-9,13,17H,3,6-7,10-12H2,1H3. The molecule has 2 atom stereocenters. The van der Waals surface area contributed by atoms with Gasteiger partial charge in [-0.1, -0.05) is 56.5 Å². The van der Waals surface area contributed by atoms with Crippen molar-refractivity contribution in [2.75, 3.05) is 0 Å². The average Bonchev–Trinajstić information content (AvgIpc) is 2.87. The van der Waals surface area contributed by atoms with E-state index in [1.807, 2.05) is 30.3 Å². The van der Waals surface area contributed by atoms with Gasteiger partial charge in [0.1, 0.15) is 0 Å². The highest BCUT2D eigenvalue weighted by Gasteiger charge is 2.74. The molecule has 0 heterocycles. The van der Waals surface area contributed by atoms with E-state index in [0.29, 0.717) is 6.61 Å². The number of aliphatic hydroxyl groups is 1. The summed E-state index contributed by atoms with van der Waals surface area (Å²) in [5.41, 5.74) is 1.19. The van der Waals surface area contributed by atoms with Gasteiger partial charge in [-0.05, 0) is 18.4 Å². The molecule has 1 spiro atoms. The number of hydrogen-bond acceptors (Lipinski definition) is 2. The molecule has 2 heteroatoms. The first-order chi connectivity index (χ1) is 8.69. The maximum absolute atomic E-state index is 10.7. The summed E-state index contributed by atoms with van der Waals surface area (Å²) >= 11 is 0. The van der Waals surface area contributed by atoms with Gasteiger partial charge in [0.05, 0.1) is 6.61 Å². The molecule has 2 unspecified atom stereocenters. The van der Waals surface area contributed by atoms with E-state index in [2.05, 4.69) is 6.92 Å². The van der Waals surface area contributed by atoms with Gasteiger partial charge >= 0.3 is 0 Å². The van der Waals surface area contributed by atoms with Crippen molar-refractivity contribution < 1.29 is 9.84 Å². The monoisotopic (exact) mass is 246 g/mol. The van der Waals surface area contributed by atoms with Gasteiger partial charge in [0.15, 0.2) is 5.79 Å². The number of hydrogen-bond donors (Lipinski definition) is 1. The highest BCUT2D eigenvalue weighted by molar-refractivity contribution is 5.18. The molecule has 0 aliphatic heterocycles. The van der Waals surface area contributed by atoms with Crippen LogP contribution in [0.2, 0.25) is 0 Å². The molecule has 0 aromatic heterocycles. The second kappa shape index (κ2) is 4.36. The summed E-state index contributed by atoms with van der Waals surface area (Å²) in [6.45, 7) is 2.65. The quantitative estimate of drug-likeness (QED) is 0.827. The van der Waals surface area contributed by atoms with Gasteiger partial charge in [-0.3, -0.25) is 0 Å². The molecule has 2 fully saturated rings. The first-order valence-corrected chi connectivity index (χ1v) is 7.09. The van der Waals surface area contributed by atoms with Gasteiger partial charge in [-0.2, -0.15) is 0 Å². The Balaban J connectivity index is 1.66. The van der Waals surface area contributed by atoms with E-state index in [9.17, 15) is 5.11 Å². The molecule has 2 aliphatic rings. The first kappa shape index (κ1) is 12.2. The predicted octanol–water partition coefficient (Wildman–Crippen LogP) is 3.49. The number of benzene rings is 1. The van der Waals surface area contributed by atoms with Crippen LogP contribution in [0.3, 0.4) is 0 Å². The van der Waals surface area contributed by atoms with Crippen molar-refractivity contribution in [3.8, 4) is 0 Å². The van der Waals surface area contributed by atoms with Crippen molar-refractivity contribution >= 4 is 0 Å². The maximum atomic E-state index is 10.7. The van der Waals surface area contributed by atoms with Crippen molar-refractivity contribution in [1.29, 1.82) is 0 Å². The lowest BCUT2D eigenvalue weighted by Crippen LogP contribution is -2.25. The van der Waals surface area contributed by atoms with E-state index in [-0.39, 0.29) is 11.3 Å². The third kappa shape index (κ3) is 1.70. The summed E-state index contributed by atoms with van der Waals surface area (Å²) in [5, 5.41) is 10.7. The summed E-state index contributed by atoms with van der Waals surface area (Å²) in [6, 6.07) is 10.1. The lowest BCUT2D eigenvalue weighted by atomic mass is 9.84. The molecule has 0 bridgehead atoms. The molecular weight excluding hydrogens is 224 g/mol. The minimum Gasteiger partial charge on any atom is -0.365 e. The number of rotatable bonds is 3. The molecule has 0 saturated heterocycles. The molecule has 2 aliphatic carbocycles. The first-order valence-electron chi connectivity index (χ1n) is 7.09. The summed E-state index contributed by atoms with van der Waals surface area (Å²) in [6.07, 6.45) is 6.03. The summed E-state index contributed by atoms with van der Waals surface area (Å²) in [7, 11) is 0. The van der Waals surface area contributed by atoms with E-state index >= 15 is 0 Å². The highest BCUT2D eigenvalue weighted by atomic mass is 16.6. The van der Waals surface area contributed by atoms with Crippen LogP contribution in [0.4, 0.5) is 0 Å². The zero-order valence-corrected chi connectivity index (χ0v) is 11.1. The average molecular weight is 246 g/mol. The van der Waals surface area contributed by atoms with Crippen LogP contribution >= 0.6 is 0 Å². The van der Waals surface area contributed by atoms with Crippen molar-refractivity contribution in [1.82, 2.24) is 0 Å². The highest BCUT2D eigenvalue weighted by Crippen LogP contribution is 2.69. The Morgan fingerprint density at radius 3 is 2.50 bits per heavy atom. The van der Waals surface area contributed by atoms with Crippen LogP contribution < -0.4 is 0 Å². The normalized spacial score (nSPS) is 33.6. The fourth-order valence-electron chi connectivity index (χ4n) is 3.76. The molecule has 1 aromatic carbocycles. The molecule has 0 radical (unpaired) electrons. The lowest BCUT2D eigenvalue weighted by molar-refractivity contribution is -0.171. The maximum Gasteiger partial charge on any atom is 0.175 e. The minimum absolute atomic E-state index is 0.0556. The Kier molecular flexibility index (Phi) is 2.95. The van der Waals surface area contributed by atoms with Crippen LogP contribution in [0.25, 0.3) is 0 Å². The molecule has 3 rings (SSSR count). The van der Waals surface area contributed by atoms with Gasteiger partial charge in [0.2, 0.25) is 0 Å². The smallest absolute Gasteiger partial charge is 0.175 e. The van der Waals surface area contributed by atoms with Gasteiger partial charge in [0.25, 0.3) is 0 Å². The van der Waals surface area contributed by atoms with Crippen LogP contribution in [0.15, 0.2) is 30.3 Å². The predicted molar refractivity (Wildman–Crippen MR) is 70.9 cm³/mol. The van der Waals surface area contributed by atoms with E-state index < -0.39 is 5.79 Å². The van der Waals surface area contributed by atoms with E-state index in [1.54, 1.807) is 0 Å². The van der Waals surface area contributed by atoms with Crippen LogP contribution in [-0.2, 0) is 11.3 Å². The fraction of sp³-hybridized carbons (Fsp3) is 0.625. The van der Waals surface area contributed by atoms with Crippen molar-refractivity contribution in [3.63, 3.8) is 0 Å². The SMILES string of the molecule is CC1C2(CCCCC2)C1(O)OCc1ccccc1. The second-order valence-corrected chi connectivity index (χ2v) is 5.91. The lowest BCUT2D eigenvalue weighted by Gasteiger charge is -2.25. The third-order valence-corrected chi connectivity index (χ3v) is 5.09. The fourth-order valence-corrected chi connectivity index (χ4v) is 3.76. The minimum atomic E-state index is -0.872. The van der Waals surface area contributed by atoms with Crippen molar-refractivity contribution in [2.24, 2.45) is 11.3 Å². The Morgan fingerprint density at radius 2 is 1.83 bits per heavy atom. The Bertz CT molecular complexity index is 408. The van der Waals surface area contributed by atoms with E-state index in [0.717, 1.165) is 18.4 Å². The summed E-state index contributed by atoms with van der Waals surface area (Å²) in [5.74, 6) is -0.586. The van der Waals surface area contributed by atoms with Gasteiger partial charge in [-0.25, -0.2) is 0 Å². The van der Waals surface area contributed by atoms with E-state index in [4.69, 9.17) is 4.74 Å². The van der Waals surface area contributed by atoms with E-state index in [1.165, 1.54) is 19.3 Å². The van der Waals surface area contributed by atoms with Crippen LogP contribution in [-0.4, -0.2) is 10.9 Å². The molecule has 2 saturated carbocycles. The Morgan fingerprint density at radius 1 is 1.17 bits per heavy atom. The Hall–Kier alpha value is -0.860. The van der Waals surface area contributed by atoms with Crippen molar-refractivity contribution in [3.05, 3.63) is 35.9 Å². The van der Waals surface area contributed by atoms with Gasteiger partial charge in [0, 0.05) is 11.3 Å². The second-order valence-electron chi connectivity index (χ2n) is 5.91. The zero-order chi connectivity index (χ0) is 12.6. The largest absolute Gasteiger partial charge is 0.365 e. The van der Waals surface area contributed by atoms with Crippen LogP contribution in [0, 0.1) is 11.3 Å². The molecule has 1 aromatic rings. The molecule has 1 N–H and O–H groups in total. The molecule has 18 heavy (non-hydrogen) atoms. The molecule has 98 valence electrons. The number of ether oxygens (including phenoxy) is 1. The summed E-state index contributed by atoms with van der Waals surface area (Å²) in [4.78, 5) is 0. The molecule has 0 amide bonds. The Labute approximate surface area is 109 Å². The van der Waals surface area contributed by atoms with Crippen LogP contribution in [0.5, 0.6) is 0 Å². The van der Waals surface area contributed by atoms with Crippen LogP contribution in [0.1, 0.15) is 44.6 Å². The zero-order valence-electron chi connectivity index (χ0n) is 11.1. The molecule has 2 nitrogen and oxygen atoms in total. The van der Waals surface area contributed by atoms with Gasteiger partial charge < -0.3 is 9.84 Å². The topological polar surface area (TPSA) is 29.5 Å². The van der Waals surface area contributed by atoms with Gasteiger partial charge in [-0.15, -0.1) is 0 Å². The third-order valence-electron chi connectivity index (χ3n) is 5.09. The summed E-state index contributed by atoms with van der Waals surface area (Å²) < 4.78 is 5.89. The van der Waals surface area contributed by atoms with Crippen molar-refractivity contribution in [2.45, 2.75) is 51.4 Å². The molecular formula is C16H22O2.